The average molecular weight is 1080 g/mol. The SMILES string of the molecule is Cc1ncsc1-c1ccc(CNC(=O)[C@@H]2C[C@@H](O)CN2C(=O)[C@H](C(C)C)n2cc(C3CC3)nn2)c(OC2CCN(C(=O)C3CCN(c4nccc(Sc5cnc(N6CCC(C)(N)CC6)c(CO)n5)c4Cl)CC3)CC2)c1. The van der Waals surface area contributed by atoms with Crippen molar-refractivity contribution >= 4 is 64.1 Å². The van der Waals surface area contributed by atoms with Crippen LogP contribution in [0.4, 0.5) is 11.6 Å². The van der Waals surface area contributed by atoms with Crippen molar-refractivity contribution in [3.05, 3.63) is 76.0 Å². The first-order valence-electron chi connectivity index (χ1n) is 26.4. The summed E-state index contributed by atoms with van der Waals surface area (Å²) in [5.74, 6) is 1.65. The highest BCUT2D eigenvalue weighted by Crippen LogP contribution is 2.41. The Balaban J connectivity index is 0.740. The van der Waals surface area contributed by atoms with Crippen LogP contribution in [0.15, 0.2) is 58.3 Å². The molecule has 1 aliphatic carbocycles. The highest BCUT2D eigenvalue weighted by molar-refractivity contribution is 7.99. The number of β-amino-alcohol motifs (C(OH)–C–C–N with tert-alkyl or cyclic N) is 1. The number of carbonyl (C=O) groups excluding carboxylic acids is 3. The van der Waals surface area contributed by atoms with Crippen LogP contribution in [0.2, 0.25) is 5.02 Å². The second-order valence-corrected chi connectivity index (χ2v) is 23.8. The molecule has 5 fully saturated rings. The second-order valence-electron chi connectivity index (χ2n) is 21.5. The van der Waals surface area contributed by atoms with Gasteiger partial charge in [-0.3, -0.25) is 14.4 Å². The van der Waals surface area contributed by atoms with Crippen molar-refractivity contribution in [3.63, 3.8) is 0 Å². The van der Waals surface area contributed by atoms with E-state index in [1.54, 1.807) is 28.4 Å². The Kier molecular flexibility index (Phi) is 16.0. The van der Waals surface area contributed by atoms with E-state index in [4.69, 9.17) is 32.0 Å². The first kappa shape index (κ1) is 53.0. The predicted octanol–water partition coefficient (Wildman–Crippen LogP) is 6.15. The van der Waals surface area contributed by atoms with E-state index < -0.39 is 18.2 Å². The lowest BCUT2D eigenvalue weighted by molar-refractivity contribution is -0.142. The van der Waals surface area contributed by atoms with Crippen molar-refractivity contribution in [2.24, 2.45) is 17.6 Å². The molecule has 0 unspecified atom stereocenters. The number of thiazole rings is 1. The van der Waals surface area contributed by atoms with Crippen LogP contribution >= 0.6 is 34.7 Å². The largest absolute Gasteiger partial charge is 0.490 e. The minimum atomic E-state index is -0.857. The van der Waals surface area contributed by atoms with Gasteiger partial charge >= 0.3 is 0 Å². The van der Waals surface area contributed by atoms with Crippen molar-refractivity contribution < 1.29 is 29.3 Å². The van der Waals surface area contributed by atoms with Gasteiger partial charge in [-0.05, 0) is 76.0 Å². The number of likely N-dealkylation sites (tertiary alicyclic amines) is 2. The molecule has 0 spiro atoms. The number of ether oxygens (including phenoxy) is 1. The highest BCUT2D eigenvalue weighted by atomic mass is 35.5. The number of aromatic nitrogens is 7. The number of nitrogens with two attached hydrogens (primary N) is 1. The van der Waals surface area contributed by atoms with Crippen LogP contribution in [0.1, 0.15) is 113 Å². The third kappa shape index (κ3) is 11.9. The fraction of sp³-hybridized carbons (Fsp3) is 0.566. The van der Waals surface area contributed by atoms with E-state index in [1.165, 1.54) is 16.7 Å². The number of hydrogen-bond donors (Lipinski definition) is 4. The number of nitrogens with one attached hydrogen (secondary N) is 1. The zero-order valence-electron chi connectivity index (χ0n) is 43.1. The van der Waals surface area contributed by atoms with Gasteiger partial charge in [-0.15, -0.1) is 16.4 Å². The van der Waals surface area contributed by atoms with Gasteiger partial charge in [-0.1, -0.05) is 54.6 Å². The zero-order chi connectivity index (χ0) is 52.5. The minimum absolute atomic E-state index is 0.0551. The maximum absolute atomic E-state index is 14.2. The Morgan fingerprint density at radius 3 is 2.43 bits per heavy atom. The van der Waals surface area contributed by atoms with E-state index in [9.17, 15) is 24.6 Å². The summed E-state index contributed by atoms with van der Waals surface area (Å²) in [5.41, 5.74) is 12.0. The molecule has 10 rings (SSSR count). The van der Waals surface area contributed by atoms with Crippen molar-refractivity contribution in [3.8, 4) is 16.2 Å². The molecule has 0 radical (unpaired) electrons. The molecule has 19 nitrogen and oxygen atoms in total. The van der Waals surface area contributed by atoms with E-state index in [2.05, 4.69) is 42.3 Å². The Labute approximate surface area is 451 Å². The molecule has 8 heterocycles. The van der Waals surface area contributed by atoms with Crippen LogP contribution in [0, 0.1) is 18.8 Å². The fourth-order valence-corrected chi connectivity index (χ4v) is 12.8. The fourth-order valence-electron chi connectivity index (χ4n) is 10.9. The van der Waals surface area contributed by atoms with Gasteiger partial charge in [0, 0.05) is 112 Å². The molecule has 75 heavy (non-hydrogen) atoms. The van der Waals surface area contributed by atoms with Crippen LogP contribution in [0.25, 0.3) is 10.4 Å². The van der Waals surface area contributed by atoms with Gasteiger partial charge in [0.15, 0.2) is 5.82 Å². The number of anilines is 2. The summed E-state index contributed by atoms with van der Waals surface area (Å²) >= 11 is 9.97. The maximum atomic E-state index is 14.2. The third-order valence-corrected chi connectivity index (χ3v) is 17.9. The molecule has 0 bridgehead atoms. The number of carbonyl (C=O) groups is 3. The topological polar surface area (TPSA) is 234 Å². The third-order valence-electron chi connectivity index (χ3n) is 15.5. The number of hydrogen-bond acceptors (Lipinski definition) is 17. The molecular weight excluding hydrogens is 1010 g/mol. The van der Waals surface area contributed by atoms with Crippen LogP contribution in [0.3, 0.4) is 0 Å². The lowest BCUT2D eigenvalue weighted by atomic mass is 9.91. The quantitative estimate of drug-likeness (QED) is 0.0868. The lowest BCUT2D eigenvalue weighted by Crippen LogP contribution is -2.49. The monoisotopic (exact) mass is 1080 g/mol. The molecule has 3 amide bonds. The van der Waals surface area contributed by atoms with Crippen LogP contribution < -0.4 is 25.6 Å². The highest BCUT2D eigenvalue weighted by Gasteiger charge is 2.43. The van der Waals surface area contributed by atoms with Gasteiger partial charge in [0.2, 0.25) is 17.7 Å². The van der Waals surface area contributed by atoms with Gasteiger partial charge in [0.05, 0.1) is 45.7 Å². The van der Waals surface area contributed by atoms with Gasteiger partial charge in [0.25, 0.3) is 0 Å². The molecule has 1 aromatic carbocycles. The average Bonchev–Trinajstić information content (AvgIpc) is 3.76. The van der Waals surface area contributed by atoms with Gasteiger partial charge in [-0.25, -0.2) is 24.6 Å². The molecule has 4 saturated heterocycles. The van der Waals surface area contributed by atoms with Gasteiger partial charge in [0.1, 0.15) is 40.5 Å². The predicted molar refractivity (Wildman–Crippen MR) is 287 cm³/mol. The van der Waals surface area contributed by atoms with Crippen molar-refractivity contribution in [1.29, 1.82) is 0 Å². The van der Waals surface area contributed by atoms with Crippen LogP contribution in [0.5, 0.6) is 5.75 Å². The summed E-state index contributed by atoms with van der Waals surface area (Å²) in [6.45, 7) is 11.8. The number of pyridine rings is 1. The molecule has 4 aliphatic heterocycles. The first-order valence-corrected chi connectivity index (χ1v) is 28.4. The van der Waals surface area contributed by atoms with E-state index >= 15 is 0 Å². The minimum Gasteiger partial charge on any atom is -0.490 e. The van der Waals surface area contributed by atoms with Gasteiger partial charge < -0.3 is 45.6 Å². The smallest absolute Gasteiger partial charge is 0.248 e. The molecule has 5 aromatic rings. The summed E-state index contributed by atoms with van der Waals surface area (Å²) in [5, 5.41) is 33.9. The molecule has 5 N–H and O–H groups in total. The van der Waals surface area contributed by atoms with Crippen LogP contribution in [-0.2, 0) is 27.5 Å². The molecule has 22 heteroatoms. The van der Waals surface area contributed by atoms with Gasteiger partial charge in [-0.2, -0.15) is 0 Å². The number of piperidine rings is 3. The first-order chi connectivity index (χ1) is 36.1. The van der Waals surface area contributed by atoms with E-state index in [-0.39, 0.29) is 67.3 Å². The number of aliphatic hydroxyl groups is 2. The maximum Gasteiger partial charge on any atom is 0.248 e. The normalized spacial score (nSPS) is 21.0. The summed E-state index contributed by atoms with van der Waals surface area (Å²) in [6, 6.07) is 6.31. The van der Waals surface area contributed by atoms with Crippen LogP contribution in [-0.4, -0.2) is 142 Å². The summed E-state index contributed by atoms with van der Waals surface area (Å²) in [4.78, 5) is 70.4. The summed E-state index contributed by atoms with van der Waals surface area (Å²) in [7, 11) is 0. The molecule has 4 aromatic heterocycles. The number of aryl methyl sites for hydroxylation is 1. The summed E-state index contributed by atoms with van der Waals surface area (Å²) in [6.07, 6.45) is 10.9. The molecule has 1 saturated carbocycles. The Hall–Kier alpha value is -5.45. The van der Waals surface area contributed by atoms with Crippen molar-refractivity contribution in [2.75, 3.05) is 55.6 Å². The second kappa shape index (κ2) is 22.6. The van der Waals surface area contributed by atoms with E-state index in [0.29, 0.717) is 90.9 Å². The van der Waals surface area contributed by atoms with Crippen molar-refractivity contribution in [1.82, 2.24) is 50.0 Å². The Bertz CT molecular complexity index is 2850. The molecule has 3 atom stereocenters. The standard InChI is InChI=1S/C53H68ClN13O6S2/c1-31(2)46(67-28-39(61-62-67)33-5-6-33)52(72)66-27-37(69)24-41(66)50(70)58-25-36-8-7-35(47-32(3)59-30-74-47)23-42(36)73-38-12-19-65(20-13-38)51(71)34-10-17-63(18-11-34)49-45(54)43(9-16-56-49)75-44-26-57-48(40(29-68)60-44)64-21-14-53(4,55)15-22-64/h7-9,16,23,26,28,30-31,33-34,37-38,41,46,68-69H,5-6,10-15,17-22,24-25,27,29,55H2,1-4H3,(H,58,70)/t37-,41+,46+/m1/s1. The number of amides is 3. The zero-order valence-corrected chi connectivity index (χ0v) is 45.5. The lowest BCUT2D eigenvalue weighted by Gasteiger charge is -2.38. The number of rotatable bonds is 16. The number of halogens is 1. The molecule has 5 aliphatic rings. The van der Waals surface area contributed by atoms with Crippen molar-refractivity contribution in [2.45, 2.75) is 144 Å². The number of nitrogens with zero attached hydrogens (tertiary/aromatic N) is 11. The number of benzene rings is 1. The number of aliphatic hydroxyl groups excluding tert-OH is 2. The summed E-state index contributed by atoms with van der Waals surface area (Å²) < 4.78 is 8.42. The van der Waals surface area contributed by atoms with E-state index in [0.717, 1.165) is 71.1 Å². The molecule has 400 valence electrons. The Morgan fingerprint density at radius 2 is 1.73 bits per heavy atom. The Morgan fingerprint density at radius 1 is 0.987 bits per heavy atom. The van der Waals surface area contributed by atoms with E-state index in [1.807, 2.05) is 61.6 Å². The molecular formula is C53H68ClN13O6S2.